The van der Waals surface area contributed by atoms with E-state index in [0.29, 0.717) is 31.0 Å². The van der Waals surface area contributed by atoms with Gasteiger partial charge in [0.25, 0.3) is 0 Å². The topological polar surface area (TPSA) is 79.7 Å². The van der Waals surface area contributed by atoms with E-state index in [2.05, 4.69) is 10.3 Å². The molecule has 2 aliphatic rings. The molecule has 0 bridgehead atoms. The number of hydrogen-bond acceptors (Lipinski definition) is 5. The normalized spacial score (nSPS) is 17.8. The number of fused-ring (bicyclic) bond motifs is 3. The van der Waals surface area contributed by atoms with Gasteiger partial charge in [-0.2, -0.15) is 13.2 Å². The Hall–Kier alpha value is -3.08. The van der Waals surface area contributed by atoms with Crippen LogP contribution in [-0.4, -0.2) is 57.2 Å². The molecule has 1 saturated heterocycles. The van der Waals surface area contributed by atoms with Crippen LogP contribution in [-0.2, 0) is 17.5 Å². The fourth-order valence-electron chi connectivity index (χ4n) is 4.24. The minimum Gasteiger partial charge on any atom is -0.455 e. The van der Waals surface area contributed by atoms with Gasteiger partial charge in [-0.1, -0.05) is 0 Å². The second kappa shape index (κ2) is 8.00. The van der Waals surface area contributed by atoms with Crippen LogP contribution in [0.3, 0.4) is 0 Å². The molecule has 11 heteroatoms. The summed E-state index contributed by atoms with van der Waals surface area (Å²) in [6.45, 7) is 10.4. The van der Waals surface area contributed by atoms with Crippen molar-refractivity contribution in [3.05, 3.63) is 41.5 Å². The molecule has 1 fully saturated rings. The monoisotopic (exact) mass is 479 g/mol. The second-order valence-corrected chi connectivity index (χ2v) is 10.1. The second-order valence-electron chi connectivity index (χ2n) is 10.1. The average molecular weight is 480 g/mol. The number of imidazole rings is 1. The van der Waals surface area contributed by atoms with Crippen LogP contribution in [0.5, 0.6) is 0 Å². The van der Waals surface area contributed by atoms with E-state index in [0.717, 1.165) is 12.1 Å². The van der Waals surface area contributed by atoms with Gasteiger partial charge in [-0.25, -0.2) is 14.6 Å². The van der Waals surface area contributed by atoms with Gasteiger partial charge in [-0.05, 0) is 52.8 Å². The summed E-state index contributed by atoms with van der Waals surface area (Å²) in [5, 5.41) is 3.23. The molecule has 1 aromatic heterocycles. The van der Waals surface area contributed by atoms with Crippen molar-refractivity contribution in [2.45, 2.75) is 58.5 Å². The molecule has 0 aliphatic carbocycles. The van der Waals surface area contributed by atoms with Crippen LogP contribution in [0, 0.1) is 0 Å². The van der Waals surface area contributed by atoms with E-state index in [9.17, 15) is 22.8 Å². The van der Waals surface area contributed by atoms with Crippen molar-refractivity contribution >= 4 is 17.7 Å². The fourth-order valence-corrected chi connectivity index (χ4v) is 4.24. The lowest BCUT2D eigenvalue weighted by Gasteiger charge is -2.45. The largest absolute Gasteiger partial charge is 0.455 e. The van der Waals surface area contributed by atoms with E-state index in [1.165, 1.54) is 17.3 Å². The SMILES string of the molecule is CC(C)(C)OC(=O)c1ncn2c1CN(C(=O)N1CCNCC1(C)C)c1cc(C(F)(F)F)ccc1-2. The molecule has 1 N–H and O–H groups in total. The fraction of sp³-hybridized carbons (Fsp3) is 0.522. The summed E-state index contributed by atoms with van der Waals surface area (Å²) in [6, 6.07) is 2.79. The molecule has 184 valence electrons. The lowest BCUT2D eigenvalue weighted by molar-refractivity contribution is -0.137. The summed E-state index contributed by atoms with van der Waals surface area (Å²) >= 11 is 0. The maximum atomic E-state index is 13.7. The molecule has 0 unspecified atom stereocenters. The Balaban J connectivity index is 1.83. The molecule has 2 aliphatic heterocycles. The van der Waals surface area contributed by atoms with Crippen LogP contribution in [0.15, 0.2) is 24.5 Å². The number of esters is 1. The third kappa shape index (κ3) is 4.36. The van der Waals surface area contributed by atoms with Gasteiger partial charge in [0.15, 0.2) is 5.69 Å². The molecule has 2 aromatic rings. The third-order valence-electron chi connectivity index (χ3n) is 5.88. The molecule has 8 nitrogen and oxygen atoms in total. The molecule has 34 heavy (non-hydrogen) atoms. The molecular formula is C23H28F3N5O3. The summed E-state index contributed by atoms with van der Waals surface area (Å²) < 4.78 is 47.6. The number of ether oxygens (including phenoxy) is 1. The van der Waals surface area contributed by atoms with Crippen LogP contribution in [0.4, 0.5) is 23.7 Å². The Bertz CT molecular complexity index is 1130. The van der Waals surface area contributed by atoms with Crippen LogP contribution >= 0.6 is 0 Å². The van der Waals surface area contributed by atoms with E-state index < -0.39 is 34.9 Å². The summed E-state index contributed by atoms with van der Waals surface area (Å²) in [5.74, 6) is -0.661. The van der Waals surface area contributed by atoms with Gasteiger partial charge in [-0.15, -0.1) is 0 Å². The van der Waals surface area contributed by atoms with Crippen molar-refractivity contribution < 1.29 is 27.5 Å². The molecule has 0 radical (unpaired) electrons. The van der Waals surface area contributed by atoms with E-state index >= 15 is 0 Å². The minimum atomic E-state index is -4.57. The van der Waals surface area contributed by atoms with Crippen molar-refractivity contribution in [1.29, 1.82) is 0 Å². The van der Waals surface area contributed by atoms with Crippen molar-refractivity contribution in [2.75, 3.05) is 24.5 Å². The van der Waals surface area contributed by atoms with E-state index in [1.807, 2.05) is 13.8 Å². The number of aromatic nitrogens is 2. The maximum Gasteiger partial charge on any atom is 0.416 e. The highest BCUT2D eigenvalue weighted by Gasteiger charge is 2.41. The first-order valence-corrected chi connectivity index (χ1v) is 11.0. The highest BCUT2D eigenvalue weighted by Crippen LogP contribution is 2.39. The van der Waals surface area contributed by atoms with Gasteiger partial charge >= 0.3 is 18.2 Å². The van der Waals surface area contributed by atoms with E-state index in [1.54, 1.807) is 30.2 Å². The van der Waals surface area contributed by atoms with Gasteiger partial charge in [-0.3, -0.25) is 9.47 Å². The molecular weight excluding hydrogens is 451 g/mol. The number of amides is 2. The Kier molecular flexibility index (Phi) is 5.66. The van der Waals surface area contributed by atoms with Gasteiger partial charge in [0.05, 0.1) is 34.7 Å². The predicted molar refractivity (Wildman–Crippen MR) is 119 cm³/mol. The first kappa shape index (κ1) is 24.1. The number of urea groups is 1. The highest BCUT2D eigenvalue weighted by molar-refractivity contribution is 5.97. The number of halogens is 3. The summed E-state index contributed by atoms with van der Waals surface area (Å²) in [6.07, 6.45) is -3.20. The number of hydrogen-bond donors (Lipinski definition) is 1. The summed E-state index contributed by atoms with van der Waals surface area (Å²) in [4.78, 5) is 33.7. The van der Waals surface area contributed by atoms with Crippen molar-refractivity contribution in [3.8, 4) is 5.69 Å². The van der Waals surface area contributed by atoms with Crippen LogP contribution in [0.25, 0.3) is 5.69 Å². The Morgan fingerprint density at radius 2 is 1.85 bits per heavy atom. The third-order valence-corrected chi connectivity index (χ3v) is 5.88. The number of nitrogens with one attached hydrogen (secondary N) is 1. The van der Waals surface area contributed by atoms with Gasteiger partial charge in [0.2, 0.25) is 0 Å². The number of nitrogens with zero attached hydrogens (tertiary/aromatic N) is 4. The van der Waals surface area contributed by atoms with E-state index in [-0.39, 0.29) is 17.9 Å². The molecule has 1 aromatic carbocycles. The molecule has 3 heterocycles. The van der Waals surface area contributed by atoms with Crippen LogP contribution < -0.4 is 10.2 Å². The van der Waals surface area contributed by atoms with Gasteiger partial charge in [0.1, 0.15) is 11.9 Å². The average Bonchev–Trinajstić information content (AvgIpc) is 3.14. The number of carbonyl (C=O) groups is 2. The quantitative estimate of drug-likeness (QED) is 0.627. The zero-order valence-electron chi connectivity index (χ0n) is 19.8. The van der Waals surface area contributed by atoms with Crippen LogP contribution in [0.1, 0.15) is 56.4 Å². The van der Waals surface area contributed by atoms with Gasteiger partial charge < -0.3 is 15.0 Å². The highest BCUT2D eigenvalue weighted by atomic mass is 19.4. The molecule has 4 rings (SSSR count). The minimum absolute atomic E-state index is 0.0258. The number of benzene rings is 1. The van der Waals surface area contributed by atoms with Gasteiger partial charge in [0, 0.05) is 19.6 Å². The number of rotatable bonds is 1. The predicted octanol–water partition coefficient (Wildman–Crippen LogP) is 3.97. The first-order valence-electron chi connectivity index (χ1n) is 11.0. The van der Waals surface area contributed by atoms with Crippen molar-refractivity contribution in [3.63, 3.8) is 0 Å². The lowest BCUT2D eigenvalue weighted by atomic mass is 10.0. The lowest BCUT2D eigenvalue weighted by Crippen LogP contribution is -2.62. The molecule has 0 atom stereocenters. The Labute approximate surface area is 195 Å². The molecule has 2 amide bonds. The smallest absolute Gasteiger partial charge is 0.416 e. The molecule has 0 saturated carbocycles. The zero-order valence-corrected chi connectivity index (χ0v) is 19.8. The zero-order chi connectivity index (χ0) is 25.1. The maximum absolute atomic E-state index is 13.7. The molecule has 0 spiro atoms. The number of anilines is 1. The van der Waals surface area contributed by atoms with Crippen LogP contribution in [0.2, 0.25) is 0 Å². The summed E-state index contributed by atoms with van der Waals surface area (Å²) in [7, 11) is 0. The Morgan fingerprint density at radius 3 is 2.47 bits per heavy atom. The van der Waals surface area contributed by atoms with Crippen molar-refractivity contribution in [1.82, 2.24) is 19.8 Å². The van der Waals surface area contributed by atoms with Crippen molar-refractivity contribution in [2.24, 2.45) is 0 Å². The summed E-state index contributed by atoms with van der Waals surface area (Å²) in [5.41, 5.74) is -1.34. The standard InChI is InChI=1S/C23H28F3N5O3/c1-21(2,3)34-19(32)18-17-11-29(20(33)31-9-8-27-12-22(31,4)5)16-10-14(23(24,25)26)6-7-15(16)30(17)13-28-18/h6-7,10,13,27H,8-9,11-12H2,1-5H3. The number of alkyl halides is 3. The Morgan fingerprint density at radius 1 is 1.15 bits per heavy atom. The number of carbonyl (C=O) groups excluding carboxylic acids is 2. The first-order chi connectivity index (χ1) is 15.7. The number of piperazine rings is 1. The van der Waals surface area contributed by atoms with E-state index in [4.69, 9.17) is 4.74 Å².